The predicted molar refractivity (Wildman–Crippen MR) is 86.9 cm³/mol. The lowest BCUT2D eigenvalue weighted by Gasteiger charge is -2.35. The Balaban J connectivity index is 1.84. The van der Waals surface area contributed by atoms with Gasteiger partial charge in [0.1, 0.15) is 11.5 Å². The molecule has 1 aromatic rings. The third-order valence-corrected chi connectivity index (χ3v) is 5.37. The number of hydrogen-bond donors (Lipinski definition) is 1. The summed E-state index contributed by atoms with van der Waals surface area (Å²) >= 11 is 3.55. The number of rotatable bonds is 4. The molecule has 1 N–H and O–H groups in total. The highest BCUT2D eigenvalue weighted by molar-refractivity contribution is 9.10. The van der Waals surface area contributed by atoms with Crippen molar-refractivity contribution >= 4 is 21.7 Å². The number of piperidine rings is 1. The van der Waals surface area contributed by atoms with Gasteiger partial charge in [-0.1, -0.05) is 22.9 Å². The number of ether oxygens (including phenoxy) is 1. The Morgan fingerprint density at radius 1 is 1.48 bits per heavy atom. The van der Waals surface area contributed by atoms with Crippen LogP contribution in [0.15, 0.2) is 16.6 Å². The minimum absolute atomic E-state index is 0.188. The average Bonchev–Trinajstić information content (AvgIpc) is 2.96. The summed E-state index contributed by atoms with van der Waals surface area (Å²) < 4.78 is 6.79. The largest absolute Gasteiger partial charge is 0.493 e. The first-order valence-electron chi connectivity index (χ1n) is 7.83. The lowest BCUT2D eigenvalue weighted by atomic mass is 9.73. The van der Waals surface area contributed by atoms with Crippen molar-refractivity contribution in [2.24, 2.45) is 5.41 Å². The summed E-state index contributed by atoms with van der Waals surface area (Å²) in [5, 5.41) is 3.40. The number of hydrogen-bond acceptors (Lipinski definition) is 3. The van der Waals surface area contributed by atoms with E-state index in [1.165, 1.54) is 5.56 Å². The molecule has 0 aliphatic carbocycles. The van der Waals surface area contributed by atoms with E-state index in [4.69, 9.17) is 4.74 Å². The monoisotopic (exact) mass is 351 g/mol. The second-order valence-corrected chi connectivity index (χ2v) is 7.08. The van der Waals surface area contributed by atoms with Crippen molar-refractivity contribution in [3.05, 3.63) is 27.7 Å². The van der Waals surface area contributed by atoms with Crippen LogP contribution in [0.25, 0.3) is 0 Å². The summed E-state index contributed by atoms with van der Waals surface area (Å²) in [5.41, 5.74) is 2.08. The Labute approximate surface area is 134 Å². The molecule has 0 saturated carbocycles. The van der Waals surface area contributed by atoms with Crippen LogP contribution in [0.2, 0.25) is 0 Å². The standard InChI is InChI=1S/C17H22BrNO2/c1-2-17(5-3-6-19-11-17)15(20)10-13-9-14(18)8-12-4-7-21-16(12)13/h8-9,19H,2-7,10-11H2,1H3. The average molecular weight is 352 g/mol. The Morgan fingerprint density at radius 2 is 2.33 bits per heavy atom. The molecular weight excluding hydrogens is 330 g/mol. The summed E-state index contributed by atoms with van der Waals surface area (Å²) in [6, 6.07) is 4.15. The van der Waals surface area contributed by atoms with E-state index in [-0.39, 0.29) is 5.41 Å². The normalized spacial score (nSPS) is 24.5. The highest BCUT2D eigenvalue weighted by Crippen LogP contribution is 2.37. The van der Waals surface area contributed by atoms with Crippen LogP contribution in [-0.2, 0) is 17.6 Å². The van der Waals surface area contributed by atoms with Crippen molar-refractivity contribution in [2.45, 2.75) is 39.0 Å². The summed E-state index contributed by atoms with van der Waals surface area (Å²) in [4.78, 5) is 12.9. The van der Waals surface area contributed by atoms with E-state index in [1.54, 1.807) is 0 Å². The molecule has 3 rings (SSSR count). The molecule has 0 amide bonds. The fourth-order valence-electron chi connectivity index (χ4n) is 3.54. The predicted octanol–water partition coefficient (Wildman–Crippen LogP) is 3.28. The van der Waals surface area contributed by atoms with Gasteiger partial charge in [0.05, 0.1) is 6.61 Å². The molecule has 0 radical (unpaired) electrons. The molecule has 3 nitrogen and oxygen atoms in total. The van der Waals surface area contributed by atoms with Gasteiger partial charge in [0, 0.05) is 34.8 Å². The summed E-state index contributed by atoms with van der Waals surface area (Å²) in [6.45, 7) is 4.71. The second kappa shape index (κ2) is 6.09. The first-order valence-corrected chi connectivity index (χ1v) is 8.62. The number of nitrogens with one attached hydrogen (secondary N) is 1. The van der Waals surface area contributed by atoms with Crippen molar-refractivity contribution in [3.8, 4) is 5.75 Å². The molecular formula is C17H22BrNO2. The minimum Gasteiger partial charge on any atom is -0.493 e. The first-order chi connectivity index (χ1) is 10.1. The summed E-state index contributed by atoms with van der Waals surface area (Å²) in [7, 11) is 0. The van der Waals surface area contributed by atoms with Gasteiger partial charge in [-0.2, -0.15) is 0 Å². The lowest BCUT2D eigenvalue weighted by Crippen LogP contribution is -2.45. The Kier molecular flexibility index (Phi) is 4.36. The molecule has 0 spiro atoms. The van der Waals surface area contributed by atoms with Gasteiger partial charge in [0.2, 0.25) is 0 Å². The topological polar surface area (TPSA) is 38.3 Å². The second-order valence-electron chi connectivity index (χ2n) is 6.17. The zero-order valence-corrected chi connectivity index (χ0v) is 14.1. The van der Waals surface area contributed by atoms with E-state index >= 15 is 0 Å². The SMILES string of the molecule is CCC1(C(=O)Cc2cc(Br)cc3c2OCC3)CCCNC1. The molecule has 0 bridgehead atoms. The molecule has 1 atom stereocenters. The number of benzene rings is 1. The third-order valence-electron chi connectivity index (χ3n) is 4.92. The number of carbonyl (C=O) groups is 1. The van der Waals surface area contributed by atoms with Gasteiger partial charge in [0.15, 0.2) is 0 Å². The van der Waals surface area contributed by atoms with Crippen LogP contribution in [0.3, 0.4) is 0 Å². The van der Waals surface area contributed by atoms with Crippen LogP contribution >= 0.6 is 15.9 Å². The van der Waals surface area contributed by atoms with Crippen LogP contribution in [-0.4, -0.2) is 25.5 Å². The quantitative estimate of drug-likeness (QED) is 0.904. The number of Topliss-reactive ketones (excluding diaryl/α,β-unsaturated/α-hetero) is 1. The molecule has 2 aliphatic rings. The molecule has 114 valence electrons. The van der Waals surface area contributed by atoms with Gasteiger partial charge in [-0.25, -0.2) is 0 Å². The van der Waals surface area contributed by atoms with E-state index in [2.05, 4.69) is 34.2 Å². The van der Waals surface area contributed by atoms with Gasteiger partial charge >= 0.3 is 0 Å². The summed E-state index contributed by atoms with van der Waals surface area (Å²) in [5.74, 6) is 1.30. The van der Waals surface area contributed by atoms with Gasteiger partial charge < -0.3 is 10.1 Å². The third kappa shape index (κ3) is 2.88. The highest BCUT2D eigenvalue weighted by Gasteiger charge is 2.37. The maximum atomic E-state index is 12.9. The number of halogens is 1. The molecule has 1 unspecified atom stereocenters. The van der Waals surface area contributed by atoms with E-state index in [9.17, 15) is 4.79 Å². The van der Waals surface area contributed by atoms with E-state index in [0.717, 1.165) is 61.2 Å². The Bertz CT molecular complexity index is 550. The van der Waals surface area contributed by atoms with Crippen molar-refractivity contribution in [1.82, 2.24) is 5.32 Å². The number of ketones is 1. The fourth-order valence-corrected chi connectivity index (χ4v) is 4.10. The number of carbonyl (C=O) groups excluding carboxylic acids is 1. The van der Waals surface area contributed by atoms with E-state index in [0.29, 0.717) is 12.2 Å². The van der Waals surface area contributed by atoms with Gasteiger partial charge in [-0.15, -0.1) is 0 Å². The van der Waals surface area contributed by atoms with Crippen molar-refractivity contribution < 1.29 is 9.53 Å². The van der Waals surface area contributed by atoms with Gasteiger partial charge in [-0.3, -0.25) is 4.79 Å². The fraction of sp³-hybridized carbons (Fsp3) is 0.588. The molecule has 0 aromatic heterocycles. The van der Waals surface area contributed by atoms with Crippen molar-refractivity contribution in [2.75, 3.05) is 19.7 Å². The van der Waals surface area contributed by atoms with Gasteiger partial charge in [-0.05, 0) is 43.5 Å². The molecule has 1 aromatic carbocycles. The smallest absolute Gasteiger partial charge is 0.144 e. The van der Waals surface area contributed by atoms with Crippen LogP contribution in [0.5, 0.6) is 5.75 Å². The molecule has 21 heavy (non-hydrogen) atoms. The summed E-state index contributed by atoms with van der Waals surface area (Å²) in [6.07, 6.45) is 4.43. The molecule has 2 aliphatic heterocycles. The minimum atomic E-state index is -0.188. The van der Waals surface area contributed by atoms with Crippen LogP contribution in [0.4, 0.5) is 0 Å². The highest BCUT2D eigenvalue weighted by atomic mass is 79.9. The molecule has 4 heteroatoms. The zero-order chi connectivity index (χ0) is 14.9. The zero-order valence-electron chi connectivity index (χ0n) is 12.5. The van der Waals surface area contributed by atoms with E-state index < -0.39 is 0 Å². The van der Waals surface area contributed by atoms with Crippen molar-refractivity contribution in [3.63, 3.8) is 0 Å². The van der Waals surface area contributed by atoms with E-state index in [1.807, 2.05) is 6.07 Å². The number of fused-ring (bicyclic) bond motifs is 1. The maximum Gasteiger partial charge on any atom is 0.144 e. The lowest BCUT2D eigenvalue weighted by molar-refractivity contribution is -0.129. The molecule has 1 saturated heterocycles. The van der Waals surface area contributed by atoms with Crippen LogP contribution in [0.1, 0.15) is 37.3 Å². The van der Waals surface area contributed by atoms with Crippen LogP contribution in [0, 0.1) is 5.41 Å². The Morgan fingerprint density at radius 3 is 3.05 bits per heavy atom. The maximum absolute atomic E-state index is 12.9. The Hall–Kier alpha value is -0.870. The first kappa shape index (κ1) is 15.0. The van der Waals surface area contributed by atoms with Crippen LogP contribution < -0.4 is 10.1 Å². The molecule has 2 heterocycles. The molecule has 1 fully saturated rings. The van der Waals surface area contributed by atoms with Gasteiger partial charge in [0.25, 0.3) is 0 Å². The van der Waals surface area contributed by atoms with Crippen molar-refractivity contribution in [1.29, 1.82) is 0 Å².